The van der Waals surface area contributed by atoms with Gasteiger partial charge in [-0.25, -0.2) is 0 Å². The van der Waals surface area contributed by atoms with Crippen LogP contribution in [-0.4, -0.2) is 88.1 Å². The van der Waals surface area contributed by atoms with Crippen LogP contribution in [0, 0.1) is 11.8 Å². The Hall–Kier alpha value is -2.78. The topological polar surface area (TPSA) is 90.4 Å². The molecule has 1 unspecified atom stereocenters. The van der Waals surface area contributed by atoms with Crippen molar-refractivity contribution in [3.05, 3.63) is 48.6 Å². The van der Waals surface area contributed by atoms with Crippen LogP contribution in [0.15, 0.2) is 48.6 Å². The number of rotatable bonds is 10. The van der Waals surface area contributed by atoms with Gasteiger partial charge in [0.05, 0.1) is 23.2 Å². The zero-order valence-electron chi connectivity index (χ0n) is 22.8. The molecular formula is C30H39N3O5S. The van der Waals surface area contributed by atoms with Gasteiger partial charge in [0.1, 0.15) is 11.8 Å². The number of ether oxygens (including phenoxy) is 1. The van der Waals surface area contributed by atoms with Gasteiger partial charge >= 0.3 is 0 Å². The maximum atomic E-state index is 14.2. The van der Waals surface area contributed by atoms with E-state index >= 15 is 0 Å². The highest BCUT2D eigenvalue weighted by molar-refractivity contribution is 8.02. The molecular weight excluding hydrogens is 514 g/mol. The lowest BCUT2D eigenvalue weighted by Gasteiger charge is -2.35. The van der Waals surface area contributed by atoms with Crippen LogP contribution in [0.25, 0.3) is 0 Å². The second-order valence-electron chi connectivity index (χ2n) is 10.6. The predicted molar refractivity (Wildman–Crippen MR) is 153 cm³/mol. The van der Waals surface area contributed by atoms with Gasteiger partial charge in [-0.2, -0.15) is 0 Å². The molecule has 2 fully saturated rings. The molecule has 4 heterocycles. The zero-order valence-corrected chi connectivity index (χ0v) is 23.6. The molecule has 0 saturated carbocycles. The number of fused-ring (bicyclic) bond motifs is 2. The van der Waals surface area contributed by atoms with Gasteiger partial charge in [0, 0.05) is 43.7 Å². The van der Waals surface area contributed by atoms with Crippen molar-refractivity contribution in [2.24, 2.45) is 11.8 Å². The van der Waals surface area contributed by atoms with Gasteiger partial charge in [-0.1, -0.05) is 44.1 Å². The van der Waals surface area contributed by atoms with Crippen molar-refractivity contribution < 1.29 is 24.2 Å². The monoisotopic (exact) mass is 553 g/mol. The Balaban J connectivity index is 1.50. The molecule has 0 aliphatic carbocycles. The van der Waals surface area contributed by atoms with Crippen LogP contribution in [-0.2, 0) is 14.4 Å². The SMILES string of the molecule is CCCCCN1CC=C[C@]23S[C@H]4C=CCN(c5ccc(OCC)cc5)C(=O)[C@H]4[C@H]2C(=O)N(CCCO)C3C1=O. The van der Waals surface area contributed by atoms with Crippen LogP contribution in [0.1, 0.15) is 39.5 Å². The summed E-state index contributed by atoms with van der Waals surface area (Å²) < 4.78 is 4.75. The minimum absolute atomic E-state index is 0.0475. The summed E-state index contributed by atoms with van der Waals surface area (Å²) >= 11 is 1.59. The second-order valence-corrected chi connectivity index (χ2v) is 12.1. The van der Waals surface area contributed by atoms with Gasteiger partial charge in [-0.3, -0.25) is 14.4 Å². The lowest BCUT2D eigenvalue weighted by atomic mass is 9.78. The quantitative estimate of drug-likeness (QED) is 0.353. The molecule has 4 aliphatic heterocycles. The number of amides is 3. The number of carbonyl (C=O) groups excluding carboxylic acids is 3. The fourth-order valence-electron chi connectivity index (χ4n) is 6.54. The number of hydrogen-bond donors (Lipinski definition) is 1. The third kappa shape index (κ3) is 4.88. The van der Waals surface area contributed by atoms with E-state index in [1.54, 1.807) is 21.6 Å². The molecule has 0 aromatic heterocycles. The summed E-state index contributed by atoms with van der Waals surface area (Å²) in [5.41, 5.74) is 0.758. The van der Waals surface area contributed by atoms with Crippen molar-refractivity contribution in [2.45, 2.75) is 55.6 Å². The Morgan fingerprint density at radius 1 is 0.974 bits per heavy atom. The predicted octanol–water partition coefficient (Wildman–Crippen LogP) is 3.26. The maximum Gasteiger partial charge on any atom is 0.247 e. The van der Waals surface area contributed by atoms with Gasteiger partial charge < -0.3 is 24.5 Å². The van der Waals surface area contributed by atoms with E-state index in [0.717, 1.165) is 30.7 Å². The molecule has 210 valence electrons. The number of unbranched alkanes of at least 4 members (excludes halogenated alkanes) is 2. The third-order valence-electron chi connectivity index (χ3n) is 8.29. The number of thioether (sulfide) groups is 1. The number of aliphatic hydroxyl groups is 1. The standard InChI is InChI=1S/C30H39N3O5S/c1-3-5-6-16-31-17-8-15-30-25(28(36)33(19-9-20-34)26(30)29(31)37)24-23(39-30)10-7-18-32(27(24)35)21-11-13-22(14-12-21)38-4-2/h7-8,10-15,23-26,34H,3-6,9,16-20H2,1-2H3/t23-,24+,25-,26?,30-/m0/s1. The lowest BCUT2D eigenvalue weighted by molar-refractivity contribution is -0.142. The van der Waals surface area contributed by atoms with E-state index < -0.39 is 22.6 Å². The van der Waals surface area contributed by atoms with Gasteiger partial charge in [0.15, 0.2) is 0 Å². The molecule has 1 spiro atoms. The van der Waals surface area contributed by atoms with Crippen molar-refractivity contribution in [1.82, 2.24) is 9.80 Å². The number of benzene rings is 1. The molecule has 2 saturated heterocycles. The first-order chi connectivity index (χ1) is 19.0. The molecule has 9 heteroatoms. The third-order valence-corrected chi connectivity index (χ3v) is 10.0. The first-order valence-corrected chi connectivity index (χ1v) is 15.1. The van der Waals surface area contributed by atoms with Crippen molar-refractivity contribution in [3.8, 4) is 5.75 Å². The van der Waals surface area contributed by atoms with Gasteiger partial charge in [0.25, 0.3) is 0 Å². The summed E-state index contributed by atoms with van der Waals surface area (Å²) in [6.07, 6.45) is 11.6. The lowest BCUT2D eigenvalue weighted by Crippen LogP contribution is -2.53. The van der Waals surface area contributed by atoms with E-state index in [1.165, 1.54) is 0 Å². The van der Waals surface area contributed by atoms with Crippen molar-refractivity contribution >= 4 is 35.2 Å². The minimum atomic E-state index is -0.819. The Labute approximate surface area is 235 Å². The average Bonchev–Trinajstić information content (AvgIpc) is 3.25. The summed E-state index contributed by atoms with van der Waals surface area (Å²) in [6, 6.07) is 6.79. The molecule has 0 radical (unpaired) electrons. The van der Waals surface area contributed by atoms with E-state index in [-0.39, 0.29) is 29.6 Å². The summed E-state index contributed by atoms with van der Waals surface area (Å²) in [7, 11) is 0. The minimum Gasteiger partial charge on any atom is -0.494 e. The molecule has 1 N–H and O–H groups in total. The zero-order chi connectivity index (χ0) is 27.6. The molecule has 3 amide bonds. The van der Waals surface area contributed by atoms with Crippen LogP contribution >= 0.6 is 11.8 Å². The Kier molecular flexibility index (Phi) is 8.38. The molecule has 5 atom stereocenters. The van der Waals surface area contributed by atoms with E-state index in [9.17, 15) is 19.5 Å². The van der Waals surface area contributed by atoms with E-state index in [1.807, 2.05) is 48.2 Å². The average molecular weight is 554 g/mol. The number of nitrogens with zero attached hydrogens (tertiary/aromatic N) is 3. The molecule has 39 heavy (non-hydrogen) atoms. The van der Waals surface area contributed by atoms with E-state index in [4.69, 9.17) is 4.74 Å². The molecule has 5 rings (SSSR count). The highest BCUT2D eigenvalue weighted by Crippen LogP contribution is 2.61. The summed E-state index contributed by atoms with van der Waals surface area (Å²) in [6.45, 7) is 6.44. The summed E-state index contributed by atoms with van der Waals surface area (Å²) in [5.74, 6) is -0.785. The summed E-state index contributed by atoms with van der Waals surface area (Å²) in [5, 5.41) is 9.37. The second kappa shape index (κ2) is 11.8. The first-order valence-electron chi connectivity index (χ1n) is 14.2. The van der Waals surface area contributed by atoms with Crippen LogP contribution in [0.2, 0.25) is 0 Å². The number of aliphatic hydroxyl groups excluding tert-OH is 1. The fraction of sp³-hybridized carbons (Fsp3) is 0.567. The van der Waals surface area contributed by atoms with Crippen molar-refractivity contribution in [1.29, 1.82) is 0 Å². The largest absolute Gasteiger partial charge is 0.494 e. The highest BCUT2D eigenvalue weighted by Gasteiger charge is 2.70. The normalized spacial score (nSPS) is 29.8. The first kappa shape index (κ1) is 27.8. The number of carbonyl (C=O) groups is 3. The smallest absolute Gasteiger partial charge is 0.247 e. The maximum absolute atomic E-state index is 14.2. The Morgan fingerprint density at radius 2 is 1.77 bits per heavy atom. The Bertz CT molecular complexity index is 1140. The number of anilines is 1. The van der Waals surface area contributed by atoms with Crippen molar-refractivity contribution in [3.63, 3.8) is 0 Å². The highest BCUT2D eigenvalue weighted by atomic mass is 32.2. The molecule has 1 aromatic rings. The Morgan fingerprint density at radius 3 is 2.49 bits per heavy atom. The van der Waals surface area contributed by atoms with Crippen molar-refractivity contribution in [2.75, 3.05) is 44.3 Å². The summed E-state index contributed by atoms with van der Waals surface area (Å²) in [4.78, 5) is 47.8. The molecule has 0 bridgehead atoms. The van der Waals surface area contributed by atoms with Gasteiger partial charge in [-0.15, -0.1) is 11.8 Å². The van der Waals surface area contributed by atoms with Crippen LogP contribution in [0.4, 0.5) is 5.69 Å². The molecule has 1 aromatic carbocycles. The van der Waals surface area contributed by atoms with Gasteiger partial charge in [0.2, 0.25) is 17.7 Å². The van der Waals surface area contributed by atoms with Crippen LogP contribution in [0.5, 0.6) is 5.75 Å². The fourth-order valence-corrected chi connectivity index (χ4v) is 8.55. The number of likely N-dealkylation sites (tertiary alicyclic amines) is 1. The van der Waals surface area contributed by atoms with Gasteiger partial charge in [-0.05, 0) is 44.0 Å². The molecule has 8 nitrogen and oxygen atoms in total. The molecule has 4 aliphatic rings. The van der Waals surface area contributed by atoms with Crippen LogP contribution < -0.4 is 9.64 Å². The van der Waals surface area contributed by atoms with Crippen LogP contribution in [0.3, 0.4) is 0 Å². The number of hydrogen-bond acceptors (Lipinski definition) is 6. The van der Waals surface area contributed by atoms with E-state index in [0.29, 0.717) is 39.2 Å². The van der Waals surface area contributed by atoms with E-state index in [2.05, 4.69) is 19.1 Å².